The van der Waals surface area contributed by atoms with Crippen LogP contribution in [0.25, 0.3) is 0 Å². The van der Waals surface area contributed by atoms with E-state index in [2.05, 4.69) is 10.5 Å². The van der Waals surface area contributed by atoms with Crippen LogP contribution < -0.4 is 5.32 Å². The maximum atomic E-state index is 11.2. The zero-order chi connectivity index (χ0) is 10.0. The Balaban J connectivity index is 2.88. The molecule has 1 N–H and O–H groups in total. The Morgan fingerprint density at radius 1 is 1.62 bits per heavy atom. The van der Waals surface area contributed by atoms with E-state index < -0.39 is 12.0 Å². The van der Waals surface area contributed by atoms with Crippen molar-refractivity contribution in [3.05, 3.63) is 4.91 Å². The summed E-state index contributed by atoms with van der Waals surface area (Å²) in [6, 6.07) is -1.01. The van der Waals surface area contributed by atoms with Gasteiger partial charge < -0.3 is 5.32 Å². The lowest BCUT2D eigenvalue weighted by Crippen LogP contribution is -2.30. The predicted octanol–water partition coefficient (Wildman–Crippen LogP) is 0.235. The fourth-order valence-electron chi connectivity index (χ4n) is 1.65. The van der Waals surface area contributed by atoms with Crippen molar-refractivity contribution in [2.45, 2.75) is 32.4 Å². The second-order valence-corrected chi connectivity index (χ2v) is 3.21. The largest absolute Gasteiger partial charge is 0.350 e. The fourth-order valence-corrected chi connectivity index (χ4v) is 1.65. The number of ketones is 1. The van der Waals surface area contributed by atoms with Gasteiger partial charge in [0, 0.05) is 0 Å². The summed E-state index contributed by atoms with van der Waals surface area (Å²) >= 11 is 0. The summed E-state index contributed by atoms with van der Waals surface area (Å²) in [5.74, 6) is -1.54. The van der Waals surface area contributed by atoms with Crippen LogP contribution in [0.3, 0.4) is 0 Å². The number of carbonyl (C=O) groups is 2. The highest BCUT2D eigenvalue weighted by Crippen LogP contribution is 2.22. The Bertz CT molecular complexity index is 252. The van der Waals surface area contributed by atoms with Crippen molar-refractivity contribution in [2.75, 3.05) is 0 Å². The van der Waals surface area contributed by atoms with Gasteiger partial charge in [-0.1, -0.05) is 12.1 Å². The first-order chi connectivity index (χ1) is 6.11. The standard InChI is InChI=1S/C8H12N2O3/c1-3-5-7(10-13)6(4(2)11)8(12)9-5/h5-7H,3H2,1-2H3,(H,9,12). The number of carbonyl (C=O) groups excluding carboxylic acids is 2. The molecule has 13 heavy (non-hydrogen) atoms. The van der Waals surface area contributed by atoms with Gasteiger partial charge in [-0.2, -0.15) is 4.91 Å². The normalized spacial score (nSPS) is 32.8. The highest BCUT2D eigenvalue weighted by molar-refractivity contribution is 6.03. The number of Topliss-reactive ketones (excluding diaryl/α,β-unsaturated/α-hetero) is 1. The molecule has 3 unspecified atom stereocenters. The van der Waals surface area contributed by atoms with Crippen molar-refractivity contribution in [3.8, 4) is 0 Å². The zero-order valence-corrected chi connectivity index (χ0v) is 7.61. The molecule has 0 bridgehead atoms. The third-order valence-electron chi connectivity index (χ3n) is 2.36. The zero-order valence-electron chi connectivity index (χ0n) is 7.61. The first kappa shape index (κ1) is 9.83. The van der Waals surface area contributed by atoms with Gasteiger partial charge in [0.25, 0.3) is 0 Å². The number of nitrogens with one attached hydrogen (secondary N) is 1. The molecule has 1 amide bonds. The van der Waals surface area contributed by atoms with E-state index in [0.717, 1.165) is 0 Å². The van der Waals surface area contributed by atoms with Crippen LogP contribution in [0.5, 0.6) is 0 Å². The van der Waals surface area contributed by atoms with Crippen LogP contribution in [0.4, 0.5) is 0 Å². The Labute approximate surface area is 75.9 Å². The number of nitrogens with zero attached hydrogens (tertiary/aromatic N) is 1. The summed E-state index contributed by atoms with van der Waals surface area (Å²) in [7, 11) is 0. The molecule has 72 valence electrons. The number of rotatable bonds is 3. The van der Waals surface area contributed by atoms with Crippen LogP contribution in [-0.4, -0.2) is 23.8 Å². The van der Waals surface area contributed by atoms with Gasteiger partial charge in [-0.15, -0.1) is 0 Å². The molecule has 0 aliphatic carbocycles. The maximum Gasteiger partial charge on any atom is 0.233 e. The van der Waals surface area contributed by atoms with Crippen molar-refractivity contribution >= 4 is 11.7 Å². The van der Waals surface area contributed by atoms with Crippen molar-refractivity contribution in [1.82, 2.24) is 5.32 Å². The van der Waals surface area contributed by atoms with Crippen LogP contribution in [-0.2, 0) is 9.59 Å². The van der Waals surface area contributed by atoms with Gasteiger partial charge in [-0.05, 0) is 13.3 Å². The molecule has 0 aromatic rings. The first-order valence-corrected chi connectivity index (χ1v) is 4.25. The van der Waals surface area contributed by atoms with Gasteiger partial charge >= 0.3 is 0 Å². The Morgan fingerprint density at radius 3 is 2.62 bits per heavy atom. The van der Waals surface area contributed by atoms with Gasteiger partial charge in [0.05, 0.1) is 6.04 Å². The second kappa shape index (κ2) is 3.64. The minimum Gasteiger partial charge on any atom is -0.350 e. The molecule has 0 aromatic carbocycles. The van der Waals surface area contributed by atoms with E-state index in [1.807, 2.05) is 6.92 Å². The molecule has 1 rings (SSSR count). The van der Waals surface area contributed by atoms with E-state index in [1.54, 1.807) is 0 Å². The van der Waals surface area contributed by atoms with Gasteiger partial charge in [0.15, 0.2) is 0 Å². The number of hydrogen-bond acceptors (Lipinski definition) is 4. The van der Waals surface area contributed by atoms with E-state index in [9.17, 15) is 14.5 Å². The summed E-state index contributed by atoms with van der Waals surface area (Å²) in [6.07, 6.45) is 0.617. The number of amides is 1. The van der Waals surface area contributed by atoms with Gasteiger partial charge in [0.2, 0.25) is 5.91 Å². The van der Waals surface area contributed by atoms with Crippen LogP contribution in [0.15, 0.2) is 5.18 Å². The second-order valence-electron chi connectivity index (χ2n) is 3.21. The molecule has 1 aliphatic heterocycles. The molecular weight excluding hydrogens is 172 g/mol. The average Bonchev–Trinajstić information content (AvgIpc) is 2.41. The molecule has 1 saturated heterocycles. The predicted molar refractivity (Wildman–Crippen MR) is 46.0 cm³/mol. The summed E-state index contributed by atoms with van der Waals surface area (Å²) in [5.41, 5.74) is 0. The molecule has 1 fully saturated rings. The molecule has 5 nitrogen and oxygen atoms in total. The first-order valence-electron chi connectivity index (χ1n) is 4.25. The van der Waals surface area contributed by atoms with Crippen LogP contribution >= 0.6 is 0 Å². The van der Waals surface area contributed by atoms with Crippen molar-refractivity contribution in [3.63, 3.8) is 0 Å². The van der Waals surface area contributed by atoms with Crippen LogP contribution in [0.2, 0.25) is 0 Å². The third kappa shape index (κ3) is 1.59. The summed E-state index contributed by atoms with van der Waals surface area (Å²) < 4.78 is 0. The average molecular weight is 184 g/mol. The van der Waals surface area contributed by atoms with E-state index >= 15 is 0 Å². The summed E-state index contributed by atoms with van der Waals surface area (Å²) in [4.78, 5) is 32.7. The Morgan fingerprint density at radius 2 is 2.23 bits per heavy atom. The number of hydrogen-bond donors (Lipinski definition) is 1. The minimum atomic E-state index is -0.873. The molecule has 1 heterocycles. The maximum absolute atomic E-state index is 11.2. The number of nitroso groups, excluding NO2 is 1. The molecule has 3 atom stereocenters. The van der Waals surface area contributed by atoms with E-state index in [-0.39, 0.29) is 17.7 Å². The van der Waals surface area contributed by atoms with Gasteiger partial charge in [-0.25, -0.2) is 0 Å². The minimum absolute atomic E-state index is 0.279. The van der Waals surface area contributed by atoms with E-state index in [1.165, 1.54) is 6.92 Å². The van der Waals surface area contributed by atoms with Crippen LogP contribution in [0.1, 0.15) is 20.3 Å². The van der Waals surface area contributed by atoms with E-state index in [0.29, 0.717) is 6.42 Å². The van der Waals surface area contributed by atoms with Gasteiger partial charge in [0.1, 0.15) is 17.7 Å². The fraction of sp³-hybridized carbons (Fsp3) is 0.750. The lowest BCUT2D eigenvalue weighted by Gasteiger charge is -2.11. The SMILES string of the molecule is CCC1NC(=O)C(C(C)=O)C1N=O. The van der Waals surface area contributed by atoms with Crippen molar-refractivity contribution in [1.29, 1.82) is 0 Å². The molecule has 0 saturated carbocycles. The highest BCUT2D eigenvalue weighted by Gasteiger charge is 2.45. The Kier molecular flexibility index (Phi) is 2.75. The summed E-state index contributed by atoms with van der Waals surface area (Å²) in [6.45, 7) is 3.14. The van der Waals surface area contributed by atoms with E-state index in [4.69, 9.17) is 0 Å². The monoisotopic (exact) mass is 184 g/mol. The molecule has 0 spiro atoms. The summed E-state index contributed by atoms with van der Waals surface area (Å²) in [5, 5.41) is 5.42. The molecular formula is C8H12N2O3. The highest BCUT2D eigenvalue weighted by atomic mass is 16.3. The lowest BCUT2D eigenvalue weighted by molar-refractivity contribution is -0.130. The quantitative estimate of drug-likeness (QED) is 0.504. The van der Waals surface area contributed by atoms with Gasteiger partial charge in [-0.3, -0.25) is 9.59 Å². The topological polar surface area (TPSA) is 75.6 Å². The van der Waals surface area contributed by atoms with Crippen LogP contribution in [0, 0.1) is 10.8 Å². The Hall–Kier alpha value is -1.26. The lowest BCUT2D eigenvalue weighted by atomic mass is 9.94. The molecule has 0 aromatic heterocycles. The molecule has 1 aliphatic rings. The third-order valence-corrected chi connectivity index (χ3v) is 2.36. The smallest absolute Gasteiger partial charge is 0.233 e. The molecule has 5 heteroatoms. The van der Waals surface area contributed by atoms with Crippen molar-refractivity contribution in [2.24, 2.45) is 11.1 Å². The van der Waals surface area contributed by atoms with Crippen molar-refractivity contribution < 1.29 is 9.59 Å². The molecule has 0 radical (unpaired) electrons.